The largest absolute Gasteiger partial charge is 0.744 e. The van der Waals surface area contributed by atoms with E-state index in [0.717, 1.165) is 12.1 Å². The molecule has 0 saturated heterocycles. The van der Waals surface area contributed by atoms with Gasteiger partial charge in [-0.1, -0.05) is 30.7 Å². The molecule has 0 aliphatic heterocycles. The fourth-order valence-electron chi connectivity index (χ4n) is 1.55. The molecule has 20 heavy (non-hydrogen) atoms. The third-order valence-electron chi connectivity index (χ3n) is 2.57. The van der Waals surface area contributed by atoms with Crippen LogP contribution in [0.1, 0.15) is 18.9 Å². The van der Waals surface area contributed by atoms with E-state index in [2.05, 4.69) is 36.0 Å². The molecule has 0 spiro atoms. The molecule has 5 heteroatoms. The molecule has 108 valence electrons. The molecule has 4 nitrogen and oxygen atoms in total. The minimum atomic E-state index is -4.27. The average Bonchev–Trinajstić information content (AvgIpc) is 2.40. The van der Waals surface area contributed by atoms with Crippen molar-refractivity contribution in [3.8, 4) is 0 Å². The Morgan fingerprint density at radius 3 is 2.05 bits per heavy atom. The maximum absolute atomic E-state index is 10.4. The Morgan fingerprint density at radius 1 is 1.05 bits per heavy atom. The summed E-state index contributed by atoms with van der Waals surface area (Å²) < 4.78 is 33.3. The van der Waals surface area contributed by atoms with Crippen LogP contribution >= 0.6 is 0 Å². The Kier molecular flexibility index (Phi) is 6.35. The first kappa shape index (κ1) is 16.3. The molecule has 0 amide bonds. The number of benzene rings is 1. The van der Waals surface area contributed by atoms with Crippen molar-refractivity contribution in [2.24, 2.45) is 0 Å². The van der Waals surface area contributed by atoms with Gasteiger partial charge in [-0.3, -0.25) is 0 Å². The zero-order chi connectivity index (χ0) is 15.0. The minimum absolute atomic E-state index is 0.178. The van der Waals surface area contributed by atoms with Gasteiger partial charge >= 0.3 is 0 Å². The van der Waals surface area contributed by atoms with Crippen LogP contribution in [0.3, 0.4) is 0 Å². The van der Waals surface area contributed by atoms with Crippen LogP contribution in [0.5, 0.6) is 0 Å². The van der Waals surface area contributed by atoms with Gasteiger partial charge in [0.15, 0.2) is 12.4 Å². The van der Waals surface area contributed by atoms with E-state index in [1.807, 2.05) is 13.0 Å². The monoisotopic (exact) mass is 293 g/mol. The van der Waals surface area contributed by atoms with E-state index in [-0.39, 0.29) is 4.90 Å². The van der Waals surface area contributed by atoms with E-state index in [0.29, 0.717) is 0 Å². The summed E-state index contributed by atoms with van der Waals surface area (Å²) in [5, 5.41) is 0. The third-order valence-corrected chi connectivity index (χ3v) is 3.42. The summed E-state index contributed by atoms with van der Waals surface area (Å²) >= 11 is 0. The van der Waals surface area contributed by atoms with Crippen molar-refractivity contribution < 1.29 is 17.5 Å². The highest BCUT2D eigenvalue weighted by molar-refractivity contribution is 7.85. The molecule has 0 fully saturated rings. The molecule has 0 saturated carbocycles. The lowest BCUT2D eigenvalue weighted by Crippen LogP contribution is -2.31. The molecular weight excluding hydrogens is 274 g/mol. The van der Waals surface area contributed by atoms with Crippen LogP contribution in [0, 0.1) is 6.92 Å². The van der Waals surface area contributed by atoms with Gasteiger partial charge in [0.1, 0.15) is 16.7 Å². The van der Waals surface area contributed by atoms with Gasteiger partial charge in [-0.05, 0) is 19.1 Å². The molecule has 0 atom stereocenters. The molecule has 1 aromatic heterocycles. The first-order valence-electron chi connectivity index (χ1n) is 6.40. The average molecular weight is 293 g/mol. The molecule has 0 N–H and O–H groups in total. The summed E-state index contributed by atoms with van der Waals surface area (Å²) in [7, 11) is -4.27. The lowest BCUT2D eigenvalue weighted by Gasteiger charge is -2.05. The first-order chi connectivity index (χ1) is 9.43. The second-order valence-electron chi connectivity index (χ2n) is 4.38. The summed E-state index contributed by atoms with van der Waals surface area (Å²) in [5.74, 6) is 0. The summed E-state index contributed by atoms with van der Waals surface area (Å²) in [6.07, 6.45) is 5.38. The van der Waals surface area contributed by atoms with Gasteiger partial charge in [-0.15, -0.1) is 0 Å². The minimum Gasteiger partial charge on any atom is -0.744 e. The highest BCUT2D eigenvalue weighted by Crippen LogP contribution is 2.08. The number of hydrogen-bond acceptors (Lipinski definition) is 3. The topological polar surface area (TPSA) is 61.1 Å². The molecule has 0 bridgehead atoms. The molecule has 1 aromatic carbocycles. The second kappa shape index (κ2) is 7.77. The van der Waals surface area contributed by atoms with Crippen LogP contribution < -0.4 is 4.57 Å². The van der Waals surface area contributed by atoms with E-state index < -0.39 is 10.1 Å². The number of hydrogen-bond donors (Lipinski definition) is 0. The van der Waals surface area contributed by atoms with Crippen molar-refractivity contribution in [1.29, 1.82) is 0 Å². The van der Waals surface area contributed by atoms with Crippen LogP contribution in [-0.2, 0) is 16.7 Å². The number of nitrogens with zero attached hydrogens (tertiary/aromatic N) is 1. The van der Waals surface area contributed by atoms with Crippen molar-refractivity contribution in [2.75, 3.05) is 0 Å². The molecule has 0 unspecified atom stereocenters. The quantitative estimate of drug-likeness (QED) is 0.644. The van der Waals surface area contributed by atoms with E-state index in [1.165, 1.54) is 18.6 Å². The maximum Gasteiger partial charge on any atom is 0.168 e. The zero-order valence-electron chi connectivity index (χ0n) is 11.7. The van der Waals surface area contributed by atoms with Crippen LogP contribution in [-0.4, -0.2) is 13.0 Å². The fraction of sp³-hybridized carbons (Fsp3) is 0.267. The second-order valence-corrected chi connectivity index (χ2v) is 5.76. The van der Waals surface area contributed by atoms with Gasteiger partial charge in [0.25, 0.3) is 0 Å². The van der Waals surface area contributed by atoms with Gasteiger partial charge in [-0.2, -0.15) is 0 Å². The number of aryl methyl sites for hydroxylation is 2. The predicted octanol–water partition coefficient (Wildman–Crippen LogP) is 2.28. The molecule has 0 radical (unpaired) electrons. The van der Waals surface area contributed by atoms with E-state index in [9.17, 15) is 13.0 Å². The van der Waals surface area contributed by atoms with Crippen molar-refractivity contribution in [3.63, 3.8) is 0 Å². The summed E-state index contributed by atoms with van der Waals surface area (Å²) in [5.41, 5.74) is 0.928. The molecule has 0 aliphatic rings. The zero-order valence-corrected chi connectivity index (χ0v) is 12.5. The predicted molar refractivity (Wildman–Crippen MR) is 76.1 cm³/mol. The molecular formula is C15H19NO3S. The Hall–Kier alpha value is -1.72. The highest BCUT2D eigenvalue weighted by atomic mass is 32.2. The van der Waals surface area contributed by atoms with Crippen LogP contribution in [0.25, 0.3) is 0 Å². The number of pyridine rings is 1. The van der Waals surface area contributed by atoms with E-state index >= 15 is 0 Å². The fourth-order valence-corrected chi connectivity index (χ4v) is 2.02. The summed E-state index contributed by atoms with van der Waals surface area (Å²) in [6.45, 7) is 5.13. The van der Waals surface area contributed by atoms with Gasteiger partial charge in [0, 0.05) is 18.6 Å². The SMILES string of the molecule is CCC[n+]1ccccc1.Cc1ccc(S(=O)(=O)[O-])cc1. The molecule has 2 rings (SSSR count). The van der Waals surface area contributed by atoms with Crippen LogP contribution in [0.4, 0.5) is 0 Å². The Morgan fingerprint density at radius 2 is 1.60 bits per heavy atom. The number of aromatic nitrogens is 1. The Labute approximate surface area is 120 Å². The smallest absolute Gasteiger partial charge is 0.168 e. The Bertz CT molecular complexity index is 607. The lowest BCUT2D eigenvalue weighted by molar-refractivity contribution is -0.697. The van der Waals surface area contributed by atoms with Gasteiger partial charge in [-0.25, -0.2) is 13.0 Å². The maximum atomic E-state index is 10.4. The van der Waals surface area contributed by atoms with E-state index in [1.54, 1.807) is 12.1 Å². The first-order valence-corrected chi connectivity index (χ1v) is 7.81. The molecule has 2 aromatic rings. The summed E-state index contributed by atoms with van der Waals surface area (Å²) in [6, 6.07) is 11.9. The lowest BCUT2D eigenvalue weighted by atomic mass is 10.2. The van der Waals surface area contributed by atoms with Crippen LogP contribution in [0.15, 0.2) is 59.8 Å². The van der Waals surface area contributed by atoms with Crippen molar-refractivity contribution in [1.82, 2.24) is 0 Å². The third kappa shape index (κ3) is 5.95. The normalized spacial score (nSPS) is 10.6. The summed E-state index contributed by atoms with van der Waals surface area (Å²) in [4.78, 5) is -0.178. The van der Waals surface area contributed by atoms with Gasteiger partial charge < -0.3 is 4.55 Å². The Balaban J connectivity index is 0.000000204. The highest BCUT2D eigenvalue weighted by Gasteiger charge is 1.97. The van der Waals surface area contributed by atoms with E-state index in [4.69, 9.17) is 0 Å². The van der Waals surface area contributed by atoms with Crippen molar-refractivity contribution in [3.05, 3.63) is 60.4 Å². The molecule has 1 heterocycles. The number of rotatable bonds is 3. The van der Waals surface area contributed by atoms with Crippen molar-refractivity contribution >= 4 is 10.1 Å². The van der Waals surface area contributed by atoms with Gasteiger partial charge in [0.2, 0.25) is 0 Å². The van der Waals surface area contributed by atoms with Crippen molar-refractivity contribution in [2.45, 2.75) is 31.7 Å². The molecule has 0 aliphatic carbocycles. The van der Waals surface area contributed by atoms with Gasteiger partial charge in [0.05, 0.1) is 4.90 Å². The standard InChI is InChI=1S/C8H12N.C7H8O3S/c1-2-6-9-7-4-3-5-8-9;1-6-2-4-7(5-3-6)11(8,9)10/h3-5,7-8H,2,6H2,1H3;2-5H,1H3,(H,8,9,10)/q+1;/p-1. The van der Waals surface area contributed by atoms with Crippen LogP contribution in [0.2, 0.25) is 0 Å².